The lowest BCUT2D eigenvalue weighted by atomic mass is 10.1. The zero-order valence-corrected chi connectivity index (χ0v) is 11.3. The molecule has 1 aliphatic heterocycles. The molecule has 6 heteroatoms. The summed E-state index contributed by atoms with van der Waals surface area (Å²) < 4.78 is 16.1. The molecule has 2 heterocycles. The molecule has 1 aliphatic rings. The molecule has 106 valence electrons. The number of aromatic nitrogens is 2. The second kappa shape index (κ2) is 5.83. The molecule has 0 amide bonds. The van der Waals surface area contributed by atoms with E-state index in [9.17, 15) is 0 Å². The smallest absolute Gasteiger partial charge is 0.162 e. The van der Waals surface area contributed by atoms with Crippen LogP contribution < -0.4 is 14.8 Å². The topological polar surface area (TPSA) is 68.4 Å². The van der Waals surface area contributed by atoms with Crippen molar-refractivity contribution in [3.63, 3.8) is 0 Å². The highest BCUT2D eigenvalue weighted by Gasteiger charge is 2.13. The maximum Gasteiger partial charge on any atom is 0.162 e. The van der Waals surface area contributed by atoms with Gasteiger partial charge in [-0.15, -0.1) is 0 Å². The molecule has 2 aromatic rings. The molecule has 0 saturated heterocycles. The van der Waals surface area contributed by atoms with Crippen LogP contribution in [0.2, 0.25) is 0 Å². The Balaban J connectivity index is 1.75. The minimum Gasteiger partial charge on any atom is -0.486 e. The van der Waals surface area contributed by atoms with Crippen LogP contribution in [-0.4, -0.2) is 43.7 Å². The van der Waals surface area contributed by atoms with Crippen LogP contribution in [0.15, 0.2) is 24.3 Å². The van der Waals surface area contributed by atoms with E-state index in [0.29, 0.717) is 19.8 Å². The Morgan fingerprint density at radius 1 is 1.25 bits per heavy atom. The number of hydrogen-bond donors (Lipinski definition) is 2. The number of nitrogens with one attached hydrogen (secondary N) is 2. The Bertz CT molecular complexity index is 583. The van der Waals surface area contributed by atoms with Gasteiger partial charge in [-0.05, 0) is 18.2 Å². The molecular formula is C14H17N3O3. The molecule has 20 heavy (non-hydrogen) atoms. The summed E-state index contributed by atoms with van der Waals surface area (Å²) in [6, 6.07) is 7.82. The van der Waals surface area contributed by atoms with E-state index >= 15 is 0 Å². The summed E-state index contributed by atoms with van der Waals surface area (Å²) in [5, 5.41) is 10.4. The van der Waals surface area contributed by atoms with E-state index in [4.69, 9.17) is 14.2 Å². The summed E-state index contributed by atoms with van der Waals surface area (Å²) in [6.07, 6.45) is 0. The highest BCUT2D eigenvalue weighted by molar-refractivity contribution is 5.66. The average molecular weight is 275 g/mol. The van der Waals surface area contributed by atoms with Crippen LogP contribution in [0, 0.1) is 0 Å². The van der Waals surface area contributed by atoms with Crippen molar-refractivity contribution < 1.29 is 14.2 Å². The van der Waals surface area contributed by atoms with Crippen molar-refractivity contribution in [1.82, 2.24) is 10.2 Å². The lowest BCUT2D eigenvalue weighted by Gasteiger charge is -2.18. The van der Waals surface area contributed by atoms with Crippen LogP contribution in [0.4, 0.5) is 5.82 Å². The third-order valence-electron chi connectivity index (χ3n) is 3.04. The fourth-order valence-corrected chi connectivity index (χ4v) is 2.05. The van der Waals surface area contributed by atoms with Crippen LogP contribution in [0.3, 0.4) is 0 Å². The molecular weight excluding hydrogens is 258 g/mol. The Kier molecular flexibility index (Phi) is 3.73. The fourth-order valence-electron chi connectivity index (χ4n) is 2.05. The van der Waals surface area contributed by atoms with Gasteiger partial charge in [0.15, 0.2) is 11.5 Å². The minimum absolute atomic E-state index is 0.587. The molecule has 6 nitrogen and oxygen atoms in total. The van der Waals surface area contributed by atoms with Crippen molar-refractivity contribution in [2.24, 2.45) is 0 Å². The quantitative estimate of drug-likeness (QED) is 0.816. The van der Waals surface area contributed by atoms with Gasteiger partial charge >= 0.3 is 0 Å². The molecule has 1 aromatic carbocycles. The zero-order chi connectivity index (χ0) is 13.8. The third-order valence-corrected chi connectivity index (χ3v) is 3.04. The number of fused-ring (bicyclic) bond motifs is 1. The Labute approximate surface area is 117 Å². The predicted molar refractivity (Wildman–Crippen MR) is 75.4 cm³/mol. The van der Waals surface area contributed by atoms with Crippen molar-refractivity contribution in [2.45, 2.75) is 0 Å². The van der Waals surface area contributed by atoms with Gasteiger partial charge in [-0.2, -0.15) is 5.10 Å². The van der Waals surface area contributed by atoms with E-state index < -0.39 is 0 Å². The fraction of sp³-hybridized carbons (Fsp3) is 0.357. The van der Waals surface area contributed by atoms with Crippen molar-refractivity contribution in [1.29, 1.82) is 0 Å². The van der Waals surface area contributed by atoms with E-state index in [-0.39, 0.29) is 0 Å². The predicted octanol–water partition coefficient (Wildman–Crippen LogP) is 1.91. The maximum atomic E-state index is 5.58. The first-order chi connectivity index (χ1) is 9.86. The van der Waals surface area contributed by atoms with Crippen LogP contribution in [-0.2, 0) is 4.74 Å². The molecule has 3 rings (SSSR count). The average Bonchev–Trinajstić information content (AvgIpc) is 2.96. The number of anilines is 1. The standard InChI is InChI=1S/C14H17N3O3/c1-18-5-4-15-14-9-11(16-17-14)10-2-3-12-13(8-10)20-7-6-19-12/h2-3,8-9H,4-7H2,1H3,(H2,15,16,17). The molecule has 0 bridgehead atoms. The highest BCUT2D eigenvalue weighted by atomic mass is 16.6. The largest absolute Gasteiger partial charge is 0.486 e. The van der Waals surface area contributed by atoms with Crippen LogP contribution in [0.5, 0.6) is 11.5 Å². The lowest BCUT2D eigenvalue weighted by Crippen LogP contribution is -2.15. The number of nitrogens with zero attached hydrogens (tertiary/aromatic N) is 1. The van der Waals surface area contributed by atoms with Gasteiger partial charge in [0.25, 0.3) is 0 Å². The first kappa shape index (κ1) is 12.8. The van der Waals surface area contributed by atoms with Gasteiger partial charge in [0.1, 0.15) is 19.0 Å². The molecule has 0 unspecified atom stereocenters. The van der Waals surface area contributed by atoms with Gasteiger partial charge < -0.3 is 19.5 Å². The van der Waals surface area contributed by atoms with Crippen molar-refractivity contribution in [3.8, 4) is 22.8 Å². The summed E-state index contributed by atoms with van der Waals surface area (Å²) in [7, 11) is 1.67. The first-order valence-electron chi connectivity index (χ1n) is 6.55. The van der Waals surface area contributed by atoms with E-state index in [1.807, 2.05) is 24.3 Å². The molecule has 0 aliphatic carbocycles. The third kappa shape index (κ3) is 2.70. The van der Waals surface area contributed by atoms with E-state index in [2.05, 4.69) is 15.5 Å². The number of aromatic amines is 1. The number of benzene rings is 1. The lowest BCUT2D eigenvalue weighted by molar-refractivity contribution is 0.171. The van der Waals surface area contributed by atoms with Crippen molar-refractivity contribution in [3.05, 3.63) is 24.3 Å². The number of rotatable bonds is 5. The van der Waals surface area contributed by atoms with Crippen molar-refractivity contribution in [2.75, 3.05) is 38.8 Å². The van der Waals surface area contributed by atoms with E-state index in [1.165, 1.54) is 0 Å². The molecule has 0 fully saturated rings. The summed E-state index contributed by atoms with van der Waals surface area (Å²) in [6.45, 7) is 2.56. The molecule has 0 radical (unpaired) electrons. The Hall–Kier alpha value is -2.21. The van der Waals surface area contributed by atoms with Gasteiger partial charge in [0.2, 0.25) is 0 Å². The Morgan fingerprint density at radius 2 is 2.10 bits per heavy atom. The monoisotopic (exact) mass is 275 g/mol. The molecule has 0 spiro atoms. The van der Waals surface area contributed by atoms with Gasteiger partial charge in [-0.3, -0.25) is 5.10 Å². The summed E-state index contributed by atoms with van der Waals surface area (Å²) >= 11 is 0. The number of hydrogen-bond acceptors (Lipinski definition) is 5. The normalized spacial score (nSPS) is 13.2. The van der Waals surface area contributed by atoms with Crippen molar-refractivity contribution >= 4 is 5.82 Å². The van der Waals surface area contributed by atoms with E-state index in [1.54, 1.807) is 7.11 Å². The summed E-state index contributed by atoms with van der Waals surface area (Å²) in [5.41, 5.74) is 1.95. The van der Waals surface area contributed by atoms with Gasteiger partial charge in [0.05, 0.1) is 12.3 Å². The molecule has 2 N–H and O–H groups in total. The van der Waals surface area contributed by atoms with Gasteiger partial charge in [-0.1, -0.05) is 0 Å². The second-order valence-electron chi connectivity index (χ2n) is 4.44. The van der Waals surface area contributed by atoms with Gasteiger partial charge in [-0.25, -0.2) is 0 Å². The summed E-state index contributed by atoms with van der Waals surface area (Å²) in [5.74, 6) is 2.36. The summed E-state index contributed by atoms with van der Waals surface area (Å²) in [4.78, 5) is 0. The SMILES string of the molecule is COCCNc1cc(-c2ccc3c(c2)OCCO3)[nH]n1. The van der Waals surface area contributed by atoms with Crippen LogP contribution >= 0.6 is 0 Å². The minimum atomic E-state index is 0.587. The highest BCUT2D eigenvalue weighted by Crippen LogP contribution is 2.34. The number of methoxy groups -OCH3 is 1. The Morgan fingerprint density at radius 3 is 2.95 bits per heavy atom. The number of H-pyrrole nitrogens is 1. The molecule has 1 aromatic heterocycles. The zero-order valence-electron chi connectivity index (χ0n) is 11.3. The maximum absolute atomic E-state index is 5.58. The molecule has 0 atom stereocenters. The second-order valence-corrected chi connectivity index (χ2v) is 4.44. The van der Waals surface area contributed by atoms with E-state index in [0.717, 1.165) is 35.1 Å². The number of ether oxygens (including phenoxy) is 3. The first-order valence-corrected chi connectivity index (χ1v) is 6.55. The van der Waals surface area contributed by atoms with Crippen LogP contribution in [0.1, 0.15) is 0 Å². The van der Waals surface area contributed by atoms with Gasteiger partial charge in [0, 0.05) is 25.3 Å². The molecule has 0 saturated carbocycles. The van der Waals surface area contributed by atoms with Crippen LogP contribution in [0.25, 0.3) is 11.3 Å².